The van der Waals surface area contributed by atoms with Crippen LogP contribution in [0.1, 0.15) is 52.1 Å². The van der Waals surface area contributed by atoms with E-state index in [0.29, 0.717) is 13.0 Å². The van der Waals surface area contributed by atoms with E-state index < -0.39 is 34.2 Å². The highest BCUT2D eigenvalue weighted by Crippen LogP contribution is 2.69. The lowest BCUT2D eigenvalue weighted by molar-refractivity contribution is -0.155. The number of carbonyl (C=O) groups excluding carboxylic acids is 3. The van der Waals surface area contributed by atoms with Gasteiger partial charge in [-0.1, -0.05) is 49.4 Å². The number of hydrogen-bond acceptors (Lipinski definition) is 6. The number of thioether (sulfide) groups is 1. The molecule has 3 aliphatic rings. The molecule has 0 aliphatic carbocycles. The lowest BCUT2D eigenvalue weighted by Gasteiger charge is -2.45. The van der Waals surface area contributed by atoms with Crippen molar-refractivity contribution in [2.24, 2.45) is 17.8 Å². The van der Waals surface area contributed by atoms with E-state index in [2.05, 4.69) is 20.1 Å². The number of hydrogen-bond donors (Lipinski definition) is 1. The molecule has 3 fully saturated rings. The Morgan fingerprint density at radius 3 is 2.53 bits per heavy atom. The Morgan fingerprint density at radius 1 is 1.26 bits per heavy atom. The predicted octanol–water partition coefficient (Wildman–Crippen LogP) is 3.99. The maximum atomic E-state index is 14.6. The number of aliphatic hydroxyl groups is 1. The molecule has 7 atom stereocenters. The Kier molecular flexibility index (Phi) is 8.15. The summed E-state index contributed by atoms with van der Waals surface area (Å²) in [4.78, 5) is 45.8. The van der Waals surface area contributed by atoms with Crippen LogP contribution in [-0.2, 0) is 19.1 Å². The molecule has 206 valence electrons. The van der Waals surface area contributed by atoms with E-state index >= 15 is 0 Å². The zero-order valence-electron chi connectivity index (χ0n) is 22.8. The average Bonchev–Trinajstić information content (AvgIpc) is 3.47. The first-order valence-electron chi connectivity index (χ1n) is 13.4. The third-order valence-electron chi connectivity index (χ3n) is 8.34. The summed E-state index contributed by atoms with van der Waals surface area (Å²) in [7, 11) is 0. The lowest BCUT2D eigenvalue weighted by Crippen LogP contribution is -2.60. The van der Waals surface area contributed by atoms with Crippen molar-refractivity contribution in [2.45, 2.75) is 68.2 Å². The van der Waals surface area contributed by atoms with Gasteiger partial charge in [0.05, 0.1) is 35.8 Å². The summed E-state index contributed by atoms with van der Waals surface area (Å²) in [6, 6.07) is 7.76. The van der Waals surface area contributed by atoms with E-state index in [1.807, 2.05) is 51.1 Å². The van der Waals surface area contributed by atoms with Crippen molar-refractivity contribution in [1.29, 1.82) is 0 Å². The monoisotopic (exact) mass is 540 g/mol. The fraction of sp³-hybridized carbons (Fsp3) is 0.567. The van der Waals surface area contributed by atoms with Gasteiger partial charge in [-0.25, -0.2) is 0 Å². The van der Waals surface area contributed by atoms with Crippen molar-refractivity contribution in [1.82, 2.24) is 9.80 Å². The predicted molar refractivity (Wildman–Crippen MR) is 149 cm³/mol. The maximum Gasteiger partial charge on any atom is 0.310 e. The highest BCUT2D eigenvalue weighted by molar-refractivity contribution is 8.02. The van der Waals surface area contributed by atoms with Gasteiger partial charge in [-0.2, -0.15) is 0 Å². The van der Waals surface area contributed by atoms with Gasteiger partial charge in [-0.15, -0.1) is 24.9 Å². The fourth-order valence-corrected chi connectivity index (χ4v) is 9.07. The number of likely N-dealkylation sites (tertiary alicyclic amines) is 1. The van der Waals surface area contributed by atoms with Crippen molar-refractivity contribution in [3.05, 3.63) is 61.2 Å². The van der Waals surface area contributed by atoms with E-state index in [-0.39, 0.29) is 42.2 Å². The zero-order valence-corrected chi connectivity index (χ0v) is 23.7. The summed E-state index contributed by atoms with van der Waals surface area (Å²) in [5.74, 6) is -2.14. The fourth-order valence-electron chi connectivity index (χ4n) is 6.68. The van der Waals surface area contributed by atoms with Crippen LogP contribution < -0.4 is 0 Å². The largest absolute Gasteiger partial charge is 0.465 e. The van der Waals surface area contributed by atoms with Gasteiger partial charge >= 0.3 is 5.97 Å². The summed E-state index contributed by atoms with van der Waals surface area (Å²) >= 11 is 1.61. The summed E-state index contributed by atoms with van der Waals surface area (Å²) in [5, 5.41) is 10.5. The van der Waals surface area contributed by atoms with Crippen molar-refractivity contribution in [2.75, 3.05) is 19.8 Å². The van der Waals surface area contributed by atoms with Crippen LogP contribution in [0.3, 0.4) is 0 Å². The average molecular weight is 541 g/mol. The van der Waals surface area contributed by atoms with E-state index in [1.165, 1.54) is 0 Å². The SMILES string of the molecule is C=CCCOC(=O)[C@@H]1[C@@H]2CC(C)C3(S2)C(C(=O)N(CC=C)C(C)(C)C)N([C@H](CO)c2ccccc2)C(=O)[C@H]13. The molecule has 0 radical (unpaired) electrons. The van der Waals surface area contributed by atoms with Crippen molar-refractivity contribution in [3.63, 3.8) is 0 Å². The summed E-state index contributed by atoms with van der Waals surface area (Å²) in [6.07, 6.45) is 4.64. The van der Waals surface area contributed by atoms with Gasteiger partial charge in [0.15, 0.2) is 0 Å². The maximum absolute atomic E-state index is 14.6. The minimum Gasteiger partial charge on any atom is -0.465 e. The van der Waals surface area contributed by atoms with Crippen LogP contribution >= 0.6 is 11.8 Å². The normalized spacial score (nSPS) is 30.6. The summed E-state index contributed by atoms with van der Waals surface area (Å²) < 4.78 is 4.80. The summed E-state index contributed by atoms with van der Waals surface area (Å²) in [6.45, 7) is 15.7. The van der Waals surface area contributed by atoms with E-state index in [0.717, 1.165) is 12.0 Å². The molecule has 3 unspecified atom stereocenters. The second-order valence-corrected chi connectivity index (χ2v) is 13.1. The first-order valence-corrected chi connectivity index (χ1v) is 14.3. The van der Waals surface area contributed by atoms with E-state index in [9.17, 15) is 19.5 Å². The quantitative estimate of drug-likeness (QED) is 0.274. The molecular formula is C30H40N2O5S. The molecule has 38 heavy (non-hydrogen) atoms. The number of ether oxygens (including phenoxy) is 1. The molecule has 8 heteroatoms. The molecule has 3 heterocycles. The number of rotatable bonds is 10. The Morgan fingerprint density at radius 2 is 1.95 bits per heavy atom. The molecule has 2 amide bonds. The van der Waals surface area contributed by atoms with Crippen LogP contribution in [0.2, 0.25) is 0 Å². The zero-order chi connectivity index (χ0) is 27.8. The number of amides is 2. The van der Waals surface area contributed by atoms with Gasteiger partial charge in [-0.05, 0) is 45.1 Å². The van der Waals surface area contributed by atoms with Gasteiger partial charge in [0.1, 0.15) is 6.04 Å². The lowest BCUT2D eigenvalue weighted by atomic mass is 9.66. The van der Waals surface area contributed by atoms with E-state index in [1.54, 1.807) is 33.7 Å². The Bertz CT molecular complexity index is 1090. The smallest absolute Gasteiger partial charge is 0.310 e. The van der Waals surface area contributed by atoms with Crippen LogP contribution in [0.25, 0.3) is 0 Å². The molecule has 1 aromatic rings. The molecule has 0 saturated carbocycles. The first kappa shape index (κ1) is 28.4. The van der Waals surface area contributed by atoms with Crippen molar-refractivity contribution < 1.29 is 24.2 Å². The number of esters is 1. The molecule has 0 aromatic heterocycles. The van der Waals surface area contributed by atoms with Crippen LogP contribution in [-0.4, -0.2) is 74.0 Å². The van der Waals surface area contributed by atoms with E-state index in [4.69, 9.17) is 4.74 Å². The molecule has 3 saturated heterocycles. The third kappa shape index (κ3) is 4.49. The summed E-state index contributed by atoms with van der Waals surface area (Å²) in [5.41, 5.74) is 0.227. The first-order chi connectivity index (χ1) is 18.0. The van der Waals surface area contributed by atoms with Gasteiger partial charge in [0.25, 0.3) is 0 Å². The molecule has 1 spiro atoms. The number of nitrogens with zero attached hydrogens (tertiary/aromatic N) is 2. The van der Waals surface area contributed by atoms with Crippen LogP contribution in [0.5, 0.6) is 0 Å². The molecule has 1 N–H and O–H groups in total. The number of fused-ring (bicyclic) bond motifs is 1. The van der Waals surface area contributed by atoms with Gasteiger partial charge in [0, 0.05) is 17.3 Å². The number of carbonyl (C=O) groups is 3. The number of aliphatic hydroxyl groups excluding tert-OH is 1. The molecular weight excluding hydrogens is 500 g/mol. The van der Waals surface area contributed by atoms with Gasteiger partial charge < -0.3 is 19.6 Å². The minimum atomic E-state index is -0.840. The Balaban J connectivity index is 1.86. The van der Waals surface area contributed by atoms with Crippen LogP contribution in [0.4, 0.5) is 0 Å². The van der Waals surface area contributed by atoms with Gasteiger partial charge in [-0.3, -0.25) is 14.4 Å². The third-order valence-corrected chi connectivity index (χ3v) is 10.4. The highest BCUT2D eigenvalue weighted by Gasteiger charge is 2.77. The van der Waals surface area contributed by atoms with Gasteiger partial charge in [0.2, 0.25) is 11.8 Å². The van der Waals surface area contributed by atoms with Crippen molar-refractivity contribution >= 4 is 29.5 Å². The second-order valence-electron chi connectivity index (χ2n) is 11.6. The molecule has 7 nitrogen and oxygen atoms in total. The number of benzene rings is 1. The molecule has 1 aromatic carbocycles. The topological polar surface area (TPSA) is 87.2 Å². The Labute approximate surface area is 230 Å². The standard InChI is InChI=1S/C30H40N2O5S/c1-7-9-16-37-28(36)23-22-17-19(3)30(38-22)24(23)26(34)32(21(18-33)20-13-11-10-12-14-20)25(30)27(35)31(15-8-2)29(4,5)6/h7-8,10-14,19,21-25,33H,1-2,9,15-18H2,3-6H3/t19?,21-,22+,23-,24+,25?,30?/m1/s1. The second kappa shape index (κ2) is 10.9. The molecule has 3 aliphatic heterocycles. The van der Waals surface area contributed by atoms with Crippen LogP contribution in [0, 0.1) is 17.8 Å². The van der Waals surface area contributed by atoms with Crippen molar-refractivity contribution in [3.8, 4) is 0 Å². The molecule has 2 bridgehead atoms. The Hall–Kier alpha value is -2.58. The van der Waals surface area contributed by atoms with Crippen LogP contribution in [0.15, 0.2) is 55.6 Å². The highest BCUT2D eigenvalue weighted by atomic mass is 32.2. The minimum absolute atomic E-state index is 0.0169. The molecule has 4 rings (SSSR count).